The van der Waals surface area contributed by atoms with Gasteiger partial charge in [0.1, 0.15) is 6.61 Å². The third-order valence-electron chi connectivity index (χ3n) is 8.24. The fourth-order valence-corrected chi connectivity index (χ4v) is 5.82. The molecule has 0 rings (SSSR count). The SMILES string of the molecule is CC/C=C\C/C=C\C/C=C\C/C=C\C=C/C(O)C/C=C\CCC(=O)O[C@H](COC(=O)CCC/C=C\C/C=C\C/C=C\CCCCCCCC)COP(=O)(O)OCCN. The van der Waals surface area contributed by atoms with Gasteiger partial charge in [-0.3, -0.25) is 18.6 Å². The monoisotopic (exact) mass is 830 g/mol. The van der Waals surface area contributed by atoms with E-state index in [1.807, 2.05) is 18.2 Å². The van der Waals surface area contributed by atoms with Crippen molar-refractivity contribution in [2.24, 2.45) is 5.73 Å². The first-order chi connectivity index (χ1) is 28.2. The Balaban J connectivity index is 4.49. The van der Waals surface area contributed by atoms with Gasteiger partial charge in [0.05, 0.1) is 19.3 Å². The molecule has 0 fully saturated rings. The van der Waals surface area contributed by atoms with Gasteiger partial charge in [-0.15, -0.1) is 0 Å². The second kappa shape index (κ2) is 41.8. The summed E-state index contributed by atoms with van der Waals surface area (Å²) in [5, 5.41) is 10.2. The number of esters is 2. The van der Waals surface area contributed by atoms with E-state index in [1.54, 1.807) is 24.3 Å². The molecule has 0 aromatic carbocycles. The maximum absolute atomic E-state index is 12.6. The van der Waals surface area contributed by atoms with Crippen LogP contribution in [0, 0.1) is 0 Å². The summed E-state index contributed by atoms with van der Waals surface area (Å²) in [7, 11) is -4.44. The van der Waals surface area contributed by atoms with Crippen molar-refractivity contribution in [2.75, 3.05) is 26.4 Å². The van der Waals surface area contributed by atoms with E-state index in [-0.39, 0.29) is 32.6 Å². The van der Waals surface area contributed by atoms with Gasteiger partial charge in [0.15, 0.2) is 6.10 Å². The van der Waals surface area contributed by atoms with Crippen molar-refractivity contribution >= 4 is 19.8 Å². The molecule has 4 N–H and O–H groups in total. The molecule has 0 saturated carbocycles. The summed E-state index contributed by atoms with van der Waals surface area (Å²) in [6.07, 6.45) is 51.6. The fraction of sp³-hybridized carbons (Fsp3) is 0.574. The number of aliphatic hydroxyl groups excluding tert-OH is 1. The van der Waals surface area contributed by atoms with Crippen LogP contribution < -0.4 is 5.73 Å². The molecular weight excluding hydrogens is 753 g/mol. The molecule has 11 heteroatoms. The molecule has 0 saturated heterocycles. The second-order valence-corrected chi connectivity index (χ2v) is 15.1. The van der Waals surface area contributed by atoms with Crippen LogP contribution in [0.3, 0.4) is 0 Å². The molecule has 0 aromatic heterocycles. The molecule has 2 unspecified atom stereocenters. The Hall–Kier alpha value is -3.37. The Morgan fingerprint density at radius 1 is 0.621 bits per heavy atom. The van der Waals surface area contributed by atoms with Gasteiger partial charge >= 0.3 is 19.8 Å². The first kappa shape index (κ1) is 54.6. The van der Waals surface area contributed by atoms with E-state index in [2.05, 4.69) is 80.7 Å². The van der Waals surface area contributed by atoms with Crippen LogP contribution in [0.2, 0.25) is 0 Å². The zero-order chi connectivity index (χ0) is 42.6. The zero-order valence-corrected chi connectivity index (χ0v) is 36.5. The number of aliphatic hydroxyl groups is 1. The number of phosphoric acid groups is 1. The lowest BCUT2D eigenvalue weighted by Crippen LogP contribution is -2.29. The smallest absolute Gasteiger partial charge is 0.462 e. The highest BCUT2D eigenvalue weighted by Gasteiger charge is 2.25. The summed E-state index contributed by atoms with van der Waals surface area (Å²) in [4.78, 5) is 34.8. The van der Waals surface area contributed by atoms with E-state index in [4.69, 9.17) is 24.3 Å². The summed E-state index contributed by atoms with van der Waals surface area (Å²) in [6.45, 7) is 3.31. The van der Waals surface area contributed by atoms with Gasteiger partial charge in [-0.1, -0.05) is 155 Å². The summed E-state index contributed by atoms with van der Waals surface area (Å²) in [5.41, 5.74) is 5.33. The summed E-state index contributed by atoms with van der Waals surface area (Å²) >= 11 is 0. The standard InChI is InChI=1S/C47H76NO9P/c1-3-5-7-9-11-13-15-17-18-19-20-22-24-26-28-30-34-38-46(50)54-42-45(43-56-58(52,53)55-41-40-48)57-47(51)39-35-31-33-37-44(49)36-32-29-27-25-23-21-16-14-12-10-8-6-4-2/h6,8,12,14,17-18,20-23,26-29,31-33,36,44-45,49H,3-5,7,9-11,13,15-16,19,24-25,30,34-35,37-43,48H2,1-2H3,(H,52,53)/b8-6-,14-12-,18-17-,22-20-,23-21-,28-26-,29-27-,33-31-,36-32-/t44?,45-/m1/s1. The van der Waals surface area contributed by atoms with E-state index >= 15 is 0 Å². The molecule has 0 amide bonds. The molecule has 58 heavy (non-hydrogen) atoms. The number of nitrogens with two attached hydrogens (primary N) is 1. The Morgan fingerprint density at radius 3 is 1.83 bits per heavy atom. The number of hydrogen-bond donors (Lipinski definition) is 3. The molecule has 0 aliphatic carbocycles. The molecular formula is C47H76NO9P. The fourth-order valence-electron chi connectivity index (χ4n) is 5.05. The van der Waals surface area contributed by atoms with Crippen LogP contribution in [0.4, 0.5) is 0 Å². The lowest BCUT2D eigenvalue weighted by Gasteiger charge is -2.19. The number of ether oxygens (including phenoxy) is 2. The molecule has 0 aromatic rings. The zero-order valence-electron chi connectivity index (χ0n) is 35.6. The van der Waals surface area contributed by atoms with Crippen LogP contribution in [0.25, 0.3) is 0 Å². The van der Waals surface area contributed by atoms with Crippen LogP contribution in [0.15, 0.2) is 109 Å². The predicted octanol–water partition coefficient (Wildman–Crippen LogP) is 11.4. The largest absolute Gasteiger partial charge is 0.472 e. The Kier molecular flexibility index (Phi) is 39.4. The Labute approximate surface area is 351 Å². The van der Waals surface area contributed by atoms with Crippen LogP contribution in [0.5, 0.6) is 0 Å². The molecule has 0 aliphatic rings. The number of hydrogen-bond acceptors (Lipinski definition) is 9. The minimum Gasteiger partial charge on any atom is -0.462 e. The minimum atomic E-state index is -4.44. The maximum atomic E-state index is 12.6. The highest BCUT2D eigenvalue weighted by Crippen LogP contribution is 2.43. The second-order valence-electron chi connectivity index (χ2n) is 13.7. The molecule has 328 valence electrons. The van der Waals surface area contributed by atoms with Crippen molar-refractivity contribution in [2.45, 2.75) is 148 Å². The Morgan fingerprint density at radius 2 is 1.19 bits per heavy atom. The van der Waals surface area contributed by atoms with Crippen LogP contribution in [0.1, 0.15) is 136 Å². The quantitative estimate of drug-likeness (QED) is 0.0180. The molecule has 3 atom stereocenters. The van der Waals surface area contributed by atoms with Crippen molar-refractivity contribution in [1.82, 2.24) is 0 Å². The van der Waals surface area contributed by atoms with Gasteiger partial charge in [-0.05, 0) is 77.0 Å². The van der Waals surface area contributed by atoms with Crippen molar-refractivity contribution < 1.29 is 42.7 Å². The third-order valence-corrected chi connectivity index (χ3v) is 9.22. The van der Waals surface area contributed by atoms with Gasteiger partial charge in [-0.25, -0.2) is 4.57 Å². The first-order valence-corrected chi connectivity index (χ1v) is 23.0. The number of carbonyl (C=O) groups excluding carboxylic acids is 2. The maximum Gasteiger partial charge on any atom is 0.472 e. The third kappa shape index (κ3) is 40.8. The van der Waals surface area contributed by atoms with E-state index < -0.39 is 38.6 Å². The van der Waals surface area contributed by atoms with Crippen LogP contribution >= 0.6 is 7.82 Å². The van der Waals surface area contributed by atoms with Crippen LogP contribution in [-0.2, 0) is 32.7 Å². The number of rotatable bonds is 38. The Bertz CT molecular complexity index is 1330. The van der Waals surface area contributed by atoms with Crippen molar-refractivity contribution in [1.29, 1.82) is 0 Å². The number of allylic oxidation sites excluding steroid dienone is 16. The lowest BCUT2D eigenvalue weighted by molar-refractivity contribution is -0.161. The van der Waals surface area contributed by atoms with Crippen molar-refractivity contribution in [3.05, 3.63) is 109 Å². The number of unbranched alkanes of at least 4 members (excludes halogenated alkanes) is 7. The van der Waals surface area contributed by atoms with E-state index in [9.17, 15) is 24.2 Å². The molecule has 0 spiro atoms. The molecule has 10 nitrogen and oxygen atoms in total. The molecule has 0 aliphatic heterocycles. The van der Waals surface area contributed by atoms with E-state index in [0.29, 0.717) is 25.7 Å². The van der Waals surface area contributed by atoms with Gasteiger partial charge in [0, 0.05) is 19.4 Å². The molecule has 0 heterocycles. The van der Waals surface area contributed by atoms with E-state index in [0.717, 1.165) is 44.9 Å². The molecule has 0 bridgehead atoms. The minimum absolute atomic E-state index is 0.00672. The van der Waals surface area contributed by atoms with Gasteiger partial charge in [0.2, 0.25) is 0 Å². The predicted molar refractivity (Wildman–Crippen MR) is 239 cm³/mol. The van der Waals surface area contributed by atoms with Crippen LogP contribution in [-0.4, -0.2) is 60.5 Å². The first-order valence-electron chi connectivity index (χ1n) is 21.5. The van der Waals surface area contributed by atoms with Crippen molar-refractivity contribution in [3.8, 4) is 0 Å². The highest BCUT2D eigenvalue weighted by atomic mass is 31.2. The highest BCUT2D eigenvalue weighted by molar-refractivity contribution is 7.47. The van der Waals surface area contributed by atoms with Gasteiger partial charge in [0.25, 0.3) is 0 Å². The summed E-state index contributed by atoms with van der Waals surface area (Å²) in [6, 6.07) is 0. The van der Waals surface area contributed by atoms with E-state index in [1.165, 1.54) is 38.5 Å². The average Bonchev–Trinajstić information content (AvgIpc) is 3.20. The summed E-state index contributed by atoms with van der Waals surface area (Å²) < 4.78 is 32.5. The van der Waals surface area contributed by atoms with Crippen molar-refractivity contribution in [3.63, 3.8) is 0 Å². The summed E-state index contributed by atoms with van der Waals surface area (Å²) in [5.74, 6) is -1.08. The number of phosphoric ester groups is 1. The normalized spacial score (nSPS) is 14.9. The van der Waals surface area contributed by atoms with Gasteiger partial charge in [-0.2, -0.15) is 0 Å². The molecule has 0 radical (unpaired) electrons. The lowest BCUT2D eigenvalue weighted by atomic mass is 10.1. The number of carbonyl (C=O) groups is 2. The topological polar surface area (TPSA) is 155 Å². The van der Waals surface area contributed by atoms with Gasteiger partial charge < -0.3 is 25.2 Å². The average molecular weight is 830 g/mol.